The van der Waals surface area contributed by atoms with E-state index in [1.54, 1.807) is 11.1 Å². The second kappa shape index (κ2) is 6.25. The van der Waals surface area contributed by atoms with Crippen LogP contribution in [0.15, 0.2) is 18.2 Å². The van der Waals surface area contributed by atoms with Crippen molar-refractivity contribution in [2.45, 2.75) is 44.7 Å². The number of piperidine rings is 1. The predicted molar refractivity (Wildman–Crippen MR) is 83.9 cm³/mol. The van der Waals surface area contributed by atoms with Gasteiger partial charge in [-0.3, -0.25) is 0 Å². The lowest BCUT2D eigenvalue weighted by Gasteiger charge is -2.33. The smallest absolute Gasteiger partial charge is 0.0328 e. The quantitative estimate of drug-likeness (QED) is 0.881. The normalized spacial score (nSPS) is 24.0. The van der Waals surface area contributed by atoms with Gasteiger partial charge in [0.1, 0.15) is 0 Å². The van der Waals surface area contributed by atoms with Gasteiger partial charge in [0.15, 0.2) is 0 Å². The highest BCUT2D eigenvalue weighted by Gasteiger charge is 2.26. The standard InChI is InChI=1S/C17H27N3/c1-13-2-3-14-4-5-17(16(14)12-13)19-15-6-9-20(10-7-15)11-8-18/h2-3,12,15,17,19H,4-11,18H2,1H3. The van der Waals surface area contributed by atoms with E-state index in [-0.39, 0.29) is 0 Å². The summed E-state index contributed by atoms with van der Waals surface area (Å²) in [5.41, 5.74) is 10.1. The zero-order valence-electron chi connectivity index (χ0n) is 12.6. The molecule has 0 amide bonds. The molecule has 110 valence electrons. The fourth-order valence-electron chi connectivity index (χ4n) is 3.69. The van der Waals surface area contributed by atoms with Crippen LogP contribution in [0.3, 0.4) is 0 Å². The Morgan fingerprint density at radius 3 is 2.80 bits per heavy atom. The minimum Gasteiger partial charge on any atom is -0.329 e. The van der Waals surface area contributed by atoms with Crippen molar-refractivity contribution in [1.82, 2.24) is 10.2 Å². The Hall–Kier alpha value is -0.900. The van der Waals surface area contributed by atoms with E-state index < -0.39 is 0 Å². The maximum absolute atomic E-state index is 5.64. The van der Waals surface area contributed by atoms with Gasteiger partial charge in [-0.1, -0.05) is 23.8 Å². The van der Waals surface area contributed by atoms with Gasteiger partial charge in [-0.15, -0.1) is 0 Å². The van der Waals surface area contributed by atoms with Gasteiger partial charge in [0, 0.05) is 25.2 Å². The van der Waals surface area contributed by atoms with Crippen LogP contribution in [0.5, 0.6) is 0 Å². The van der Waals surface area contributed by atoms with Crippen LogP contribution in [0, 0.1) is 6.92 Å². The van der Waals surface area contributed by atoms with Crippen molar-refractivity contribution in [2.75, 3.05) is 26.2 Å². The summed E-state index contributed by atoms with van der Waals surface area (Å²) in [5.74, 6) is 0. The Morgan fingerprint density at radius 2 is 2.05 bits per heavy atom. The molecule has 3 heteroatoms. The molecule has 1 aliphatic carbocycles. The topological polar surface area (TPSA) is 41.3 Å². The lowest BCUT2D eigenvalue weighted by atomic mass is 10.0. The first-order chi connectivity index (χ1) is 9.76. The van der Waals surface area contributed by atoms with Crippen molar-refractivity contribution < 1.29 is 0 Å². The first-order valence-electron chi connectivity index (χ1n) is 8.04. The number of likely N-dealkylation sites (tertiary alicyclic amines) is 1. The summed E-state index contributed by atoms with van der Waals surface area (Å²) in [7, 11) is 0. The maximum atomic E-state index is 5.64. The van der Waals surface area contributed by atoms with Crippen molar-refractivity contribution in [3.05, 3.63) is 34.9 Å². The summed E-state index contributed by atoms with van der Waals surface area (Å²) in [6.07, 6.45) is 5.02. The van der Waals surface area contributed by atoms with Crippen LogP contribution in [0.25, 0.3) is 0 Å². The average Bonchev–Trinajstić information content (AvgIpc) is 2.84. The van der Waals surface area contributed by atoms with Gasteiger partial charge in [-0.05, 0) is 56.8 Å². The Morgan fingerprint density at radius 1 is 1.25 bits per heavy atom. The minimum atomic E-state index is 0.580. The van der Waals surface area contributed by atoms with Crippen LogP contribution in [-0.4, -0.2) is 37.1 Å². The molecule has 3 N–H and O–H groups in total. The molecule has 1 unspecified atom stereocenters. The summed E-state index contributed by atoms with van der Waals surface area (Å²) < 4.78 is 0. The van der Waals surface area contributed by atoms with E-state index in [2.05, 4.69) is 35.3 Å². The van der Waals surface area contributed by atoms with Gasteiger partial charge in [0.2, 0.25) is 0 Å². The SMILES string of the molecule is Cc1ccc2c(c1)C(NC1CCN(CCN)CC1)CC2. The number of hydrogen-bond acceptors (Lipinski definition) is 3. The Kier molecular flexibility index (Phi) is 4.39. The van der Waals surface area contributed by atoms with Crippen LogP contribution in [0.2, 0.25) is 0 Å². The van der Waals surface area contributed by atoms with E-state index in [0.717, 1.165) is 13.1 Å². The number of benzene rings is 1. The van der Waals surface area contributed by atoms with Crippen molar-refractivity contribution >= 4 is 0 Å². The van der Waals surface area contributed by atoms with E-state index in [1.165, 1.54) is 44.3 Å². The molecule has 0 radical (unpaired) electrons. The molecule has 0 aromatic heterocycles. The second-order valence-corrected chi connectivity index (χ2v) is 6.36. The lowest BCUT2D eigenvalue weighted by Crippen LogP contribution is -2.44. The minimum absolute atomic E-state index is 0.580. The van der Waals surface area contributed by atoms with Crippen molar-refractivity contribution in [3.63, 3.8) is 0 Å². The fraction of sp³-hybridized carbons (Fsp3) is 0.647. The van der Waals surface area contributed by atoms with E-state index >= 15 is 0 Å². The molecule has 1 aliphatic heterocycles. The molecule has 0 spiro atoms. The molecule has 1 aromatic rings. The summed E-state index contributed by atoms with van der Waals surface area (Å²) >= 11 is 0. The van der Waals surface area contributed by atoms with Gasteiger partial charge in [-0.2, -0.15) is 0 Å². The van der Waals surface area contributed by atoms with Crippen LogP contribution in [-0.2, 0) is 6.42 Å². The van der Waals surface area contributed by atoms with Gasteiger partial charge in [-0.25, -0.2) is 0 Å². The number of nitrogens with two attached hydrogens (primary N) is 1. The highest BCUT2D eigenvalue weighted by molar-refractivity contribution is 5.37. The van der Waals surface area contributed by atoms with Crippen molar-refractivity contribution in [3.8, 4) is 0 Å². The van der Waals surface area contributed by atoms with Gasteiger partial charge in [0.25, 0.3) is 0 Å². The third-order valence-electron chi connectivity index (χ3n) is 4.85. The molecular formula is C17H27N3. The van der Waals surface area contributed by atoms with Crippen molar-refractivity contribution in [1.29, 1.82) is 0 Å². The van der Waals surface area contributed by atoms with Gasteiger partial charge >= 0.3 is 0 Å². The molecule has 3 rings (SSSR count). The zero-order chi connectivity index (χ0) is 13.9. The van der Waals surface area contributed by atoms with E-state index in [0.29, 0.717) is 12.1 Å². The molecule has 2 aliphatic rings. The molecule has 1 heterocycles. The van der Waals surface area contributed by atoms with Crippen molar-refractivity contribution in [2.24, 2.45) is 5.73 Å². The molecule has 3 nitrogen and oxygen atoms in total. The van der Waals surface area contributed by atoms with E-state index in [1.807, 2.05) is 0 Å². The van der Waals surface area contributed by atoms with Crippen LogP contribution < -0.4 is 11.1 Å². The zero-order valence-corrected chi connectivity index (χ0v) is 12.6. The number of nitrogens with one attached hydrogen (secondary N) is 1. The Bertz CT molecular complexity index is 450. The summed E-state index contributed by atoms with van der Waals surface area (Å²) in [6.45, 7) is 6.43. The lowest BCUT2D eigenvalue weighted by molar-refractivity contribution is 0.195. The summed E-state index contributed by atoms with van der Waals surface area (Å²) in [6, 6.07) is 8.20. The number of nitrogens with zero attached hydrogens (tertiary/aromatic N) is 1. The molecular weight excluding hydrogens is 246 g/mol. The highest BCUT2D eigenvalue weighted by atomic mass is 15.1. The van der Waals surface area contributed by atoms with Crippen LogP contribution in [0.4, 0.5) is 0 Å². The Balaban J connectivity index is 1.57. The molecule has 1 atom stereocenters. The van der Waals surface area contributed by atoms with Gasteiger partial charge < -0.3 is 16.0 Å². The fourth-order valence-corrected chi connectivity index (χ4v) is 3.69. The third-order valence-corrected chi connectivity index (χ3v) is 4.85. The van der Waals surface area contributed by atoms with Crippen LogP contribution >= 0.6 is 0 Å². The third kappa shape index (κ3) is 3.05. The molecule has 20 heavy (non-hydrogen) atoms. The van der Waals surface area contributed by atoms with Crippen LogP contribution in [0.1, 0.15) is 42.0 Å². The first kappa shape index (κ1) is 14.1. The average molecular weight is 273 g/mol. The molecule has 0 saturated carbocycles. The Labute approximate surface area is 122 Å². The predicted octanol–water partition coefficient (Wildman–Crippen LogP) is 2.00. The first-order valence-corrected chi connectivity index (χ1v) is 8.04. The summed E-state index contributed by atoms with van der Waals surface area (Å²) in [4.78, 5) is 2.49. The maximum Gasteiger partial charge on any atom is 0.0328 e. The summed E-state index contributed by atoms with van der Waals surface area (Å²) in [5, 5.41) is 3.91. The second-order valence-electron chi connectivity index (χ2n) is 6.36. The number of aryl methyl sites for hydroxylation is 2. The number of fused-ring (bicyclic) bond motifs is 1. The highest BCUT2D eigenvalue weighted by Crippen LogP contribution is 2.32. The number of rotatable bonds is 4. The largest absolute Gasteiger partial charge is 0.329 e. The van der Waals surface area contributed by atoms with E-state index in [9.17, 15) is 0 Å². The molecule has 1 saturated heterocycles. The molecule has 0 bridgehead atoms. The number of hydrogen-bond donors (Lipinski definition) is 2. The van der Waals surface area contributed by atoms with Gasteiger partial charge in [0.05, 0.1) is 0 Å². The monoisotopic (exact) mass is 273 g/mol. The molecule has 1 aromatic carbocycles. The van der Waals surface area contributed by atoms with E-state index in [4.69, 9.17) is 5.73 Å². The molecule has 1 fully saturated rings.